The van der Waals surface area contributed by atoms with Gasteiger partial charge in [-0.25, -0.2) is 4.68 Å². The lowest BCUT2D eigenvalue weighted by atomic mass is 10.0. The van der Waals surface area contributed by atoms with Crippen molar-refractivity contribution in [1.29, 1.82) is 0 Å². The van der Waals surface area contributed by atoms with Gasteiger partial charge in [0.15, 0.2) is 3.95 Å². The maximum Gasteiger partial charge on any atom is 0.209 e. The number of nitrogens with zero attached hydrogens (tertiary/aromatic N) is 3. The van der Waals surface area contributed by atoms with E-state index in [-0.39, 0.29) is 6.10 Å². The molecule has 0 bridgehead atoms. The zero-order valence-electron chi connectivity index (χ0n) is 14.1. The SMILES string of the molecule is CC(C)c1ccc(Nc2nn(CN3CCC(O)CC3)c(=S)s2)cc1. The van der Waals surface area contributed by atoms with Gasteiger partial charge in [-0.3, -0.25) is 4.90 Å². The van der Waals surface area contributed by atoms with E-state index >= 15 is 0 Å². The van der Waals surface area contributed by atoms with E-state index in [0.29, 0.717) is 12.6 Å². The minimum Gasteiger partial charge on any atom is -0.393 e. The van der Waals surface area contributed by atoms with Crippen LogP contribution in [0.4, 0.5) is 10.8 Å². The molecule has 1 aromatic carbocycles. The van der Waals surface area contributed by atoms with Crippen molar-refractivity contribution in [2.24, 2.45) is 0 Å². The second kappa shape index (κ2) is 7.74. The van der Waals surface area contributed by atoms with Gasteiger partial charge >= 0.3 is 0 Å². The maximum atomic E-state index is 9.59. The van der Waals surface area contributed by atoms with Crippen LogP contribution in [0.5, 0.6) is 0 Å². The van der Waals surface area contributed by atoms with Crippen molar-refractivity contribution < 1.29 is 5.11 Å². The molecule has 24 heavy (non-hydrogen) atoms. The molecule has 2 aromatic rings. The van der Waals surface area contributed by atoms with Gasteiger partial charge in [0.05, 0.1) is 12.8 Å². The van der Waals surface area contributed by atoms with Crippen LogP contribution < -0.4 is 5.32 Å². The summed E-state index contributed by atoms with van der Waals surface area (Å²) in [5.41, 5.74) is 2.35. The quantitative estimate of drug-likeness (QED) is 0.787. The van der Waals surface area contributed by atoms with Gasteiger partial charge in [0.1, 0.15) is 0 Å². The summed E-state index contributed by atoms with van der Waals surface area (Å²) in [6, 6.07) is 8.44. The Kier molecular flexibility index (Phi) is 5.65. The van der Waals surface area contributed by atoms with E-state index in [0.717, 1.165) is 40.7 Å². The van der Waals surface area contributed by atoms with Crippen LogP contribution in [0.15, 0.2) is 24.3 Å². The average Bonchev–Trinajstić information content (AvgIpc) is 2.89. The number of aliphatic hydroxyl groups is 1. The van der Waals surface area contributed by atoms with Gasteiger partial charge in [-0.15, -0.1) is 5.10 Å². The van der Waals surface area contributed by atoms with Crippen LogP contribution in [0.1, 0.15) is 38.2 Å². The molecule has 130 valence electrons. The Labute approximate surface area is 151 Å². The van der Waals surface area contributed by atoms with Crippen LogP contribution in [-0.4, -0.2) is 39.0 Å². The monoisotopic (exact) mass is 364 g/mol. The molecule has 0 unspecified atom stereocenters. The summed E-state index contributed by atoms with van der Waals surface area (Å²) in [6.07, 6.45) is 1.49. The van der Waals surface area contributed by atoms with Crippen LogP contribution in [0.25, 0.3) is 0 Å². The molecule has 5 nitrogen and oxygen atoms in total. The zero-order valence-corrected chi connectivity index (χ0v) is 15.7. The number of piperidine rings is 1. The molecule has 1 saturated heterocycles. The van der Waals surface area contributed by atoms with Crippen molar-refractivity contribution >= 4 is 34.4 Å². The third-order valence-electron chi connectivity index (χ3n) is 4.33. The summed E-state index contributed by atoms with van der Waals surface area (Å²) in [6.45, 7) is 6.85. The van der Waals surface area contributed by atoms with Gasteiger partial charge in [-0.1, -0.05) is 37.3 Å². The number of hydrogen-bond donors (Lipinski definition) is 2. The van der Waals surface area contributed by atoms with E-state index in [9.17, 15) is 5.11 Å². The van der Waals surface area contributed by atoms with Gasteiger partial charge in [0.2, 0.25) is 5.13 Å². The number of hydrogen-bond acceptors (Lipinski definition) is 6. The number of anilines is 2. The predicted octanol–water partition coefficient (Wildman–Crippen LogP) is 3.96. The lowest BCUT2D eigenvalue weighted by Crippen LogP contribution is -2.37. The predicted molar refractivity (Wildman–Crippen MR) is 102 cm³/mol. The minimum atomic E-state index is -0.157. The van der Waals surface area contributed by atoms with Gasteiger partial charge < -0.3 is 10.4 Å². The van der Waals surface area contributed by atoms with E-state index in [1.165, 1.54) is 16.9 Å². The Morgan fingerprint density at radius 2 is 1.96 bits per heavy atom. The van der Waals surface area contributed by atoms with Crippen LogP contribution >= 0.6 is 23.6 Å². The van der Waals surface area contributed by atoms with Crippen LogP contribution in [0.3, 0.4) is 0 Å². The molecule has 0 saturated carbocycles. The van der Waals surface area contributed by atoms with Crippen LogP contribution in [0, 0.1) is 3.95 Å². The van der Waals surface area contributed by atoms with Crippen molar-refractivity contribution in [3.63, 3.8) is 0 Å². The van der Waals surface area contributed by atoms with Crippen molar-refractivity contribution in [3.05, 3.63) is 33.8 Å². The smallest absolute Gasteiger partial charge is 0.209 e. The first-order chi connectivity index (χ1) is 11.5. The average molecular weight is 365 g/mol. The molecule has 0 atom stereocenters. The molecule has 1 aromatic heterocycles. The second-order valence-electron chi connectivity index (χ2n) is 6.56. The topological polar surface area (TPSA) is 53.3 Å². The molecule has 0 amide bonds. The first-order valence-corrected chi connectivity index (χ1v) is 9.59. The Hall–Kier alpha value is -1.28. The highest BCUT2D eigenvalue weighted by Gasteiger charge is 2.18. The molecule has 0 aliphatic carbocycles. The number of aromatic nitrogens is 2. The molecule has 7 heteroatoms. The standard InChI is InChI=1S/C17H24N4OS2/c1-12(2)13-3-5-14(6-4-13)18-16-19-21(17(23)24-16)11-20-9-7-15(22)8-10-20/h3-6,12,15,22H,7-11H2,1-2H3,(H,18,19). The van der Waals surface area contributed by atoms with E-state index in [1.807, 2.05) is 4.68 Å². The molecule has 1 aliphatic rings. The molecular weight excluding hydrogens is 340 g/mol. The van der Waals surface area contributed by atoms with E-state index in [4.69, 9.17) is 12.2 Å². The van der Waals surface area contributed by atoms with E-state index in [2.05, 4.69) is 53.4 Å². The molecule has 0 radical (unpaired) electrons. The molecule has 0 spiro atoms. The summed E-state index contributed by atoms with van der Waals surface area (Å²) in [5, 5.41) is 18.3. The highest BCUT2D eigenvalue weighted by Crippen LogP contribution is 2.23. The van der Waals surface area contributed by atoms with Crippen molar-refractivity contribution in [2.75, 3.05) is 18.4 Å². The van der Waals surface area contributed by atoms with Gasteiger partial charge in [-0.2, -0.15) is 0 Å². The summed E-state index contributed by atoms with van der Waals surface area (Å²) in [7, 11) is 0. The lowest BCUT2D eigenvalue weighted by molar-refractivity contribution is 0.0653. The molecule has 3 rings (SSSR count). The van der Waals surface area contributed by atoms with Gasteiger partial charge in [0.25, 0.3) is 0 Å². The highest BCUT2D eigenvalue weighted by atomic mass is 32.1. The minimum absolute atomic E-state index is 0.157. The summed E-state index contributed by atoms with van der Waals surface area (Å²) >= 11 is 6.93. The summed E-state index contributed by atoms with van der Waals surface area (Å²) < 4.78 is 2.63. The maximum absolute atomic E-state index is 9.59. The third kappa shape index (κ3) is 4.42. The Bertz CT molecular complexity index is 715. The number of aliphatic hydroxyl groups excluding tert-OH is 1. The fourth-order valence-electron chi connectivity index (χ4n) is 2.77. The van der Waals surface area contributed by atoms with Crippen molar-refractivity contribution in [3.8, 4) is 0 Å². The van der Waals surface area contributed by atoms with Crippen molar-refractivity contribution in [2.45, 2.75) is 45.4 Å². The molecule has 2 heterocycles. The highest BCUT2D eigenvalue weighted by molar-refractivity contribution is 7.73. The third-order valence-corrected chi connectivity index (χ3v) is 5.55. The first-order valence-electron chi connectivity index (χ1n) is 8.36. The fourth-order valence-corrected chi connectivity index (χ4v) is 3.78. The lowest BCUT2D eigenvalue weighted by Gasteiger charge is -2.28. The zero-order chi connectivity index (χ0) is 17.1. The number of rotatable bonds is 5. The molecule has 1 fully saturated rings. The van der Waals surface area contributed by atoms with Crippen LogP contribution in [0.2, 0.25) is 0 Å². The first kappa shape index (κ1) is 17.5. The molecule has 1 aliphatic heterocycles. The fraction of sp³-hybridized carbons (Fsp3) is 0.529. The largest absolute Gasteiger partial charge is 0.393 e. The van der Waals surface area contributed by atoms with E-state index in [1.54, 1.807) is 0 Å². The summed E-state index contributed by atoms with van der Waals surface area (Å²) in [4.78, 5) is 2.28. The second-order valence-corrected chi connectivity index (χ2v) is 8.19. The van der Waals surface area contributed by atoms with Crippen LogP contribution in [-0.2, 0) is 6.67 Å². The van der Waals surface area contributed by atoms with Gasteiger partial charge in [0, 0.05) is 18.8 Å². The normalized spacial score (nSPS) is 16.7. The Balaban J connectivity index is 1.64. The Morgan fingerprint density at radius 3 is 2.58 bits per heavy atom. The molecular formula is C17H24N4OS2. The van der Waals surface area contributed by atoms with E-state index < -0.39 is 0 Å². The number of likely N-dealkylation sites (tertiary alicyclic amines) is 1. The van der Waals surface area contributed by atoms with Gasteiger partial charge in [-0.05, 0) is 48.7 Å². The molecule has 2 N–H and O–H groups in total. The summed E-state index contributed by atoms with van der Waals surface area (Å²) in [5.74, 6) is 0.531. The number of nitrogens with one attached hydrogen (secondary N) is 1. The number of benzene rings is 1. The Morgan fingerprint density at radius 1 is 1.29 bits per heavy atom. The van der Waals surface area contributed by atoms with Crippen molar-refractivity contribution in [1.82, 2.24) is 14.7 Å².